The molecule has 0 aliphatic rings. The van der Waals surface area contributed by atoms with Gasteiger partial charge in [-0.15, -0.1) is 0 Å². The topological polar surface area (TPSA) is 125 Å². The summed E-state index contributed by atoms with van der Waals surface area (Å²) in [5, 5.41) is 10.6. The molecule has 3 N–H and O–H groups in total. The molecular weight excluding hydrogens is 420 g/mol. The molecule has 4 aromatic rings. The first kappa shape index (κ1) is 22.6. The summed E-state index contributed by atoms with van der Waals surface area (Å²) in [6.45, 7) is 4.52. The molecule has 0 spiro atoms. The minimum absolute atomic E-state index is 0.120. The van der Waals surface area contributed by atoms with Crippen LogP contribution in [0.25, 0.3) is 11.0 Å². The molecule has 3 aromatic heterocycles. The highest BCUT2D eigenvalue weighted by atomic mass is 16.1. The Balaban J connectivity index is 1.79. The highest BCUT2D eigenvalue weighted by Gasteiger charge is 2.25. The van der Waals surface area contributed by atoms with Gasteiger partial charge in [0.1, 0.15) is 11.2 Å². The van der Waals surface area contributed by atoms with Crippen LogP contribution in [0.4, 0.5) is 0 Å². The van der Waals surface area contributed by atoms with Crippen LogP contribution >= 0.6 is 0 Å². The van der Waals surface area contributed by atoms with E-state index in [1.54, 1.807) is 17.0 Å². The van der Waals surface area contributed by atoms with Crippen molar-refractivity contribution in [1.82, 2.24) is 39.9 Å². The van der Waals surface area contributed by atoms with Gasteiger partial charge in [-0.1, -0.05) is 37.3 Å². The van der Waals surface area contributed by atoms with Gasteiger partial charge in [-0.2, -0.15) is 5.10 Å². The lowest BCUT2D eigenvalue weighted by molar-refractivity contribution is 0.172. The molecule has 10 heteroatoms. The smallest absolute Gasteiger partial charge is 0.318 e. The second-order valence-electron chi connectivity index (χ2n) is 7.90. The molecule has 1 unspecified atom stereocenters. The largest absolute Gasteiger partial charge is 0.344 e. The summed E-state index contributed by atoms with van der Waals surface area (Å²) < 4.78 is 1.75. The molecule has 0 aliphatic heterocycles. The quantitative estimate of drug-likeness (QED) is 0.335. The number of nitrogens with one attached hydrogen (secondary N) is 3. The zero-order valence-electron chi connectivity index (χ0n) is 18.8. The summed E-state index contributed by atoms with van der Waals surface area (Å²) in [4.78, 5) is 38.4. The lowest BCUT2D eigenvalue weighted by Crippen LogP contribution is -2.38. The number of benzene rings is 1. The third kappa shape index (κ3) is 5.07. The van der Waals surface area contributed by atoms with Crippen LogP contribution in [0.15, 0.2) is 58.5 Å². The van der Waals surface area contributed by atoms with Crippen molar-refractivity contribution in [3.63, 3.8) is 0 Å². The molecule has 0 saturated carbocycles. The van der Waals surface area contributed by atoms with E-state index in [9.17, 15) is 9.59 Å². The van der Waals surface area contributed by atoms with Crippen LogP contribution in [0.3, 0.4) is 0 Å². The van der Waals surface area contributed by atoms with Gasteiger partial charge in [0.25, 0.3) is 5.56 Å². The van der Waals surface area contributed by atoms with E-state index in [1.165, 1.54) is 6.20 Å². The minimum Gasteiger partial charge on any atom is -0.318 e. The first-order valence-corrected chi connectivity index (χ1v) is 11.0. The Hall–Kier alpha value is -3.63. The van der Waals surface area contributed by atoms with E-state index in [1.807, 2.05) is 37.4 Å². The Kier molecular flexibility index (Phi) is 7.06. The van der Waals surface area contributed by atoms with Crippen molar-refractivity contribution in [3.05, 3.63) is 86.7 Å². The maximum Gasteiger partial charge on any atom is 0.344 e. The number of hydrogen-bond acceptors (Lipinski definition) is 7. The average Bonchev–Trinajstić information content (AvgIpc) is 3.31. The van der Waals surface area contributed by atoms with Crippen LogP contribution in [0.5, 0.6) is 0 Å². The monoisotopic (exact) mass is 448 g/mol. The molecular formula is C23H28N8O2. The van der Waals surface area contributed by atoms with Crippen molar-refractivity contribution in [1.29, 1.82) is 0 Å². The highest BCUT2D eigenvalue weighted by Crippen LogP contribution is 2.25. The molecule has 4 rings (SSSR count). The van der Waals surface area contributed by atoms with E-state index < -0.39 is 0 Å². The molecule has 3 heterocycles. The van der Waals surface area contributed by atoms with Crippen molar-refractivity contribution < 1.29 is 0 Å². The lowest BCUT2D eigenvalue weighted by atomic mass is 10.1. The van der Waals surface area contributed by atoms with Crippen LogP contribution in [-0.4, -0.2) is 54.8 Å². The molecule has 33 heavy (non-hydrogen) atoms. The third-order valence-corrected chi connectivity index (χ3v) is 5.67. The first-order chi connectivity index (χ1) is 16.1. The van der Waals surface area contributed by atoms with E-state index in [-0.39, 0.29) is 17.3 Å². The first-order valence-electron chi connectivity index (χ1n) is 11.0. The van der Waals surface area contributed by atoms with Gasteiger partial charge in [-0.25, -0.2) is 14.8 Å². The van der Waals surface area contributed by atoms with Crippen LogP contribution < -0.4 is 16.6 Å². The molecule has 172 valence electrons. The standard InChI is InChI=1S/C23H28N8O2/c1-3-19(30(10-9-24-2)14-17-11-25-23(33)26-12-17)21-28-20-18(13-27-29-20)22(32)31(21)15-16-7-5-4-6-8-16/h4-8,11-13,19,24H,3,9-10,14-15H2,1-2H3,(H,27,29)(H,25,26,33). The molecule has 0 fully saturated rings. The van der Waals surface area contributed by atoms with Crippen molar-refractivity contribution in [2.45, 2.75) is 32.5 Å². The predicted octanol–water partition coefficient (Wildman–Crippen LogP) is 1.42. The number of nitrogens with zero attached hydrogens (tertiary/aromatic N) is 5. The summed E-state index contributed by atoms with van der Waals surface area (Å²) in [7, 11) is 1.90. The van der Waals surface area contributed by atoms with Crippen LogP contribution in [0.2, 0.25) is 0 Å². The van der Waals surface area contributed by atoms with Crippen molar-refractivity contribution in [2.75, 3.05) is 20.1 Å². The Morgan fingerprint density at radius 1 is 1.15 bits per heavy atom. The number of H-pyrrole nitrogens is 2. The van der Waals surface area contributed by atoms with E-state index in [0.29, 0.717) is 29.9 Å². The Morgan fingerprint density at radius 2 is 1.97 bits per heavy atom. The summed E-state index contributed by atoms with van der Waals surface area (Å²) in [6, 6.07) is 9.74. The molecule has 0 bridgehead atoms. The van der Waals surface area contributed by atoms with Crippen LogP contribution in [0, 0.1) is 0 Å². The Labute approximate surface area is 190 Å². The normalized spacial score (nSPS) is 12.5. The van der Waals surface area contributed by atoms with Gasteiger partial charge in [0.05, 0.1) is 18.8 Å². The van der Waals surface area contributed by atoms with Crippen molar-refractivity contribution in [2.24, 2.45) is 0 Å². The van der Waals surface area contributed by atoms with E-state index in [4.69, 9.17) is 4.98 Å². The van der Waals surface area contributed by atoms with Gasteiger partial charge in [0, 0.05) is 37.6 Å². The summed E-state index contributed by atoms with van der Waals surface area (Å²) >= 11 is 0. The number of hydrogen-bond donors (Lipinski definition) is 3. The summed E-state index contributed by atoms with van der Waals surface area (Å²) in [5.41, 5.74) is 1.88. The molecule has 1 aromatic carbocycles. The zero-order chi connectivity index (χ0) is 23.2. The average molecular weight is 449 g/mol. The molecule has 0 amide bonds. The second-order valence-corrected chi connectivity index (χ2v) is 7.90. The Morgan fingerprint density at radius 3 is 2.67 bits per heavy atom. The fraction of sp³-hybridized carbons (Fsp3) is 0.348. The molecule has 1 atom stereocenters. The number of likely N-dealkylation sites (N-methyl/N-ethyl adjacent to an activating group) is 1. The number of aromatic amines is 2. The van der Waals surface area contributed by atoms with E-state index in [0.717, 1.165) is 30.6 Å². The van der Waals surface area contributed by atoms with Gasteiger partial charge >= 0.3 is 5.69 Å². The maximum absolute atomic E-state index is 13.4. The number of fused-ring (bicyclic) bond motifs is 1. The predicted molar refractivity (Wildman–Crippen MR) is 126 cm³/mol. The molecule has 10 nitrogen and oxygen atoms in total. The van der Waals surface area contributed by atoms with Gasteiger partial charge in [0.2, 0.25) is 0 Å². The highest BCUT2D eigenvalue weighted by molar-refractivity contribution is 5.72. The van der Waals surface area contributed by atoms with Gasteiger partial charge in [-0.3, -0.25) is 19.4 Å². The van der Waals surface area contributed by atoms with Gasteiger partial charge in [0.15, 0.2) is 5.65 Å². The molecule has 0 radical (unpaired) electrons. The molecule has 0 aliphatic carbocycles. The van der Waals surface area contributed by atoms with Crippen molar-refractivity contribution in [3.8, 4) is 0 Å². The van der Waals surface area contributed by atoms with E-state index in [2.05, 4.69) is 37.3 Å². The Bertz CT molecular complexity index is 1290. The third-order valence-electron chi connectivity index (χ3n) is 5.67. The SMILES string of the molecule is CCC(c1nc2[nH]ncc2c(=O)n1Cc1ccccc1)N(CCNC)Cc1cnc(=O)[nH]c1. The fourth-order valence-electron chi connectivity index (χ4n) is 4.01. The molecule has 0 saturated heterocycles. The van der Waals surface area contributed by atoms with Crippen LogP contribution in [-0.2, 0) is 13.1 Å². The lowest BCUT2D eigenvalue weighted by Gasteiger charge is -2.32. The minimum atomic E-state index is -0.379. The summed E-state index contributed by atoms with van der Waals surface area (Å²) in [5.74, 6) is 0.677. The zero-order valence-corrected chi connectivity index (χ0v) is 18.8. The second kappa shape index (κ2) is 10.3. The fourth-order valence-corrected chi connectivity index (χ4v) is 4.01. The number of aromatic nitrogens is 6. The summed E-state index contributed by atoms with van der Waals surface area (Å²) in [6.07, 6.45) is 5.53. The van der Waals surface area contributed by atoms with Crippen LogP contribution in [0.1, 0.15) is 36.3 Å². The van der Waals surface area contributed by atoms with Gasteiger partial charge in [-0.05, 0) is 19.0 Å². The maximum atomic E-state index is 13.4. The number of rotatable bonds is 10. The van der Waals surface area contributed by atoms with Crippen molar-refractivity contribution >= 4 is 11.0 Å². The van der Waals surface area contributed by atoms with E-state index >= 15 is 0 Å². The van der Waals surface area contributed by atoms with Gasteiger partial charge < -0.3 is 10.3 Å².